The van der Waals surface area contributed by atoms with Gasteiger partial charge >= 0.3 is 4.87 Å². The fourth-order valence-electron chi connectivity index (χ4n) is 4.79. The number of sulfonamides is 1. The van der Waals surface area contributed by atoms with E-state index in [4.69, 9.17) is 5.14 Å². The van der Waals surface area contributed by atoms with Gasteiger partial charge in [-0.3, -0.25) is 23.7 Å². The highest BCUT2D eigenvalue weighted by Crippen LogP contribution is 2.54. The van der Waals surface area contributed by atoms with Gasteiger partial charge < -0.3 is 5.32 Å². The van der Waals surface area contributed by atoms with E-state index in [1.54, 1.807) is 12.1 Å². The lowest BCUT2D eigenvalue weighted by Gasteiger charge is -2.36. The van der Waals surface area contributed by atoms with Crippen LogP contribution in [0.25, 0.3) is 0 Å². The third kappa shape index (κ3) is 4.38. The molecule has 5 rings (SSSR count). The number of thiazole rings is 1. The van der Waals surface area contributed by atoms with Gasteiger partial charge in [-0.25, -0.2) is 18.5 Å². The maximum Gasteiger partial charge on any atom is 0.308 e. The van der Waals surface area contributed by atoms with E-state index in [-0.39, 0.29) is 28.1 Å². The molecule has 3 N–H and O–H groups in total. The van der Waals surface area contributed by atoms with Gasteiger partial charge in [0, 0.05) is 16.0 Å². The van der Waals surface area contributed by atoms with Crippen LogP contribution in [0.2, 0.25) is 0 Å². The number of nitrogens with one attached hydrogen (secondary N) is 1. The zero-order valence-electron chi connectivity index (χ0n) is 20.6. The Morgan fingerprint density at radius 3 is 2.26 bits per heavy atom. The molecule has 3 heterocycles. The van der Waals surface area contributed by atoms with E-state index in [2.05, 4.69) is 5.32 Å². The van der Waals surface area contributed by atoms with Crippen molar-refractivity contribution in [3.63, 3.8) is 0 Å². The van der Waals surface area contributed by atoms with Gasteiger partial charge in [0.15, 0.2) is 0 Å². The van der Waals surface area contributed by atoms with Crippen LogP contribution in [-0.4, -0.2) is 36.0 Å². The first-order valence-electron chi connectivity index (χ1n) is 11.6. The average molecular weight is 573 g/mol. The molecular weight excluding hydrogens is 548 g/mol. The second kappa shape index (κ2) is 9.19. The van der Waals surface area contributed by atoms with Crippen LogP contribution >= 0.6 is 23.1 Å². The van der Waals surface area contributed by atoms with Crippen LogP contribution in [-0.2, 0) is 36.4 Å². The van der Waals surface area contributed by atoms with Gasteiger partial charge in [0.2, 0.25) is 27.7 Å². The van der Waals surface area contributed by atoms with E-state index in [0.29, 0.717) is 21.3 Å². The van der Waals surface area contributed by atoms with Crippen molar-refractivity contribution in [1.82, 2.24) is 4.57 Å². The molecule has 1 fully saturated rings. The van der Waals surface area contributed by atoms with Crippen LogP contribution in [0.4, 0.5) is 11.4 Å². The monoisotopic (exact) mass is 572 g/mol. The molecule has 2 unspecified atom stereocenters. The van der Waals surface area contributed by atoms with E-state index in [1.807, 2.05) is 32.9 Å². The van der Waals surface area contributed by atoms with Crippen LogP contribution < -0.4 is 20.2 Å². The van der Waals surface area contributed by atoms with Crippen molar-refractivity contribution in [3.8, 4) is 0 Å². The topological polar surface area (TPSA) is 149 Å². The highest BCUT2D eigenvalue weighted by molar-refractivity contribution is 8.00. The third-order valence-electron chi connectivity index (χ3n) is 6.76. The van der Waals surface area contributed by atoms with Crippen molar-refractivity contribution in [2.75, 3.05) is 10.2 Å². The molecule has 1 aromatic heterocycles. The number of carbonyl (C=O) groups is 3. The minimum Gasteiger partial charge on any atom is -0.325 e. The lowest BCUT2D eigenvalue weighted by molar-refractivity contribution is -0.123. The van der Waals surface area contributed by atoms with Crippen LogP contribution in [0.3, 0.4) is 0 Å². The van der Waals surface area contributed by atoms with Crippen molar-refractivity contribution in [2.45, 2.75) is 47.9 Å². The maximum absolute atomic E-state index is 13.5. The molecule has 10 nitrogen and oxygen atoms in total. The minimum atomic E-state index is -3.87. The second-order valence-electron chi connectivity index (χ2n) is 9.79. The molecule has 0 radical (unpaired) electrons. The number of hydrogen-bond donors (Lipinski definition) is 2. The third-order valence-corrected chi connectivity index (χ3v) is 10.5. The van der Waals surface area contributed by atoms with Crippen LogP contribution in [0.15, 0.2) is 63.2 Å². The number of aryl methyl sites for hydroxylation is 1. The molecule has 3 amide bonds. The maximum atomic E-state index is 13.5. The Hall–Kier alpha value is -3.26. The van der Waals surface area contributed by atoms with Gasteiger partial charge in [-0.1, -0.05) is 54.6 Å². The summed E-state index contributed by atoms with van der Waals surface area (Å²) in [6.45, 7) is 5.30. The SMILES string of the molecule is Cc1ccc(N2C(=O)C3Sc4c(sc(=O)n4CC(=O)Nc4ccc(S(N)(=O)=O)cc4)C(C)(C)C3C2=O)cc1. The predicted molar refractivity (Wildman–Crippen MR) is 145 cm³/mol. The number of amides is 3. The Bertz CT molecular complexity index is 1640. The fraction of sp³-hybridized carbons (Fsp3) is 0.280. The van der Waals surface area contributed by atoms with Crippen LogP contribution in [0.5, 0.6) is 0 Å². The van der Waals surface area contributed by atoms with E-state index < -0.39 is 32.5 Å². The smallest absolute Gasteiger partial charge is 0.308 e. The van der Waals surface area contributed by atoms with Gasteiger partial charge in [-0.05, 0) is 43.3 Å². The fourth-order valence-corrected chi connectivity index (χ4v) is 8.34. The summed E-state index contributed by atoms with van der Waals surface area (Å²) in [5, 5.41) is 7.51. The molecule has 0 bridgehead atoms. The zero-order valence-corrected chi connectivity index (χ0v) is 23.1. The Morgan fingerprint density at radius 1 is 1.03 bits per heavy atom. The van der Waals surface area contributed by atoms with Gasteiger partial charge in [0.1, 0.15) is 11.8 Å². The number of fused-ring (bicyclic) bond motifs is 2. The molecule has 2 aliphatic heterocycles. The van der Waals surface area contributed by atoms with E-state index in [0.717, 1.165) is 28.7 Å². The van der Waals surface area contributed by atoms with E-state index >= 15 is 0 Å². The summed E-state index contributed by atoms with van der Waals surface area (Å²) >= 11 is 2.12. The summed E-state index contributed by atoms with van der Waals surface area (Å²) in [7, 11) is -3.87. The summed E-state index contributed by atoms with van der Waals surface area (Å²) in [6.07, 6.45) is 0. The molecule has 0 aliphatic carbocycles. The van der Waals surface area contributed by atoms with Gasteiger partial charge in [-0.2, -0.15) is 0 Å². The Morgan fingerprint density at radius 2 is 1.66 bits per heavy atom. The highest BCUT2D eigenvalue weighted by Gasteiger charge is 2.59. The van der Waals surface area contributed by atoms with E-state index in [1.165, 1.54) is 33.7 Å². The molecule has 13 heteroatoms. The number of primary sulfonamides is 1. The Balaban J connectivity index is 1.42. The number of nitrogens with zero attached hydrogens (tertiary/aromatic N) is 2. The highest BCUT2D eigenvalue weighted by atomic mass is 32.2. The van der Waals surface area contributed by atoms with Gasteiger partial charge in [-0.15, -0.1) is 0 Å². The van der Waals surface area contributed by atoms with Crippen LogP contribution in [0, 0.1) is 12.8 Å². The molecule has 3 aromatic rings. The molecule has 198 valence electrons. The standard InChI is InChI=1S/C25H24N4O6S3/c1-13-4-8-15(9-5-13)29-21(31)18-19(22(29)32)36-23-20(25(18,2)3)37-24(33)28(23)12-17(30)27-14-6-10-16(11-7-14)38(26,34)35/h4-11,18-19H,12H2,1-3H3,(H,27,30)(H2,26,34,35). The summed E-state index contributed by atoms with van der Waals surface area (Å²) in [4.78, 5) is 54.2. The number of hydrogen-bond acceptors (Lipinski definition) is 8. The predicted octanol–water partition coefficient (Wildman–Crippen LogP) is 2.45. The normalized spacial score (nSPS) is 20.3. The van der Waals surface area contributed by atoms with Crippen molar-refractivity contribution >= 4 is 62.2 Å². The number of carbonyl (C=O) groups excluding carboxylic acids is 3. The van der Waals surface area contributed by atoms with Crippen LogP contribution in [0.1, 0.15) is 24.3 Å². The first kappa shape index (κ1) is 26.4. The van der Waals surface area contributed by atoms with Gasteiger partial charge in [0.25, 0.3) is 0 Å². The number of aromatic nitrogens is 1. The first-order chi connectivity index (χ1) is 17.8. The van der Waals surface area contributed by atoms with E-state index in [9.17, 15) is 27.6 Å². The molecular formula is C25H24N4O6S3. The molecule has 38 heavy (non-hydrogen) atoms. The summed E-state index contributed by atoms with van der Waals surface area (Å²) < 4.78 is 24.2. The lowest BCUT2D eigenvalue weighted by atomic mass is 9.76. The largest absolute Gasteiger partial charge is 0.325 e. The summed E-state index contributed by atoms with van der Waals surface area (Å²) in [5.74, 6) is -1.82. The number of benzene rings is 2. The molecule has 0 saturated carbocycles. The number of nitrogens with two attached hydrogens (primary N) is 1. The lowest BCUT2D eigenvalue weighted by Crippen LogP contribution is -2.41. The number of anilines is 2. The molecule has 2 atom stereocenters. The quantitative estimate of drug-likeness (QED) is 0.446. The molecule has 2 aliphatic rings. The second-order valence-corrected chi connectivity index (χ2v) is 13.4. The van der Waals surface area contributed by atoms with Crippen molar-refractivity contribution in [3.05, 3.63) is 68.6 Å². The Kier molecular flexibility index (Phi) is 6.37. The number of rotatable bonds is 5. The average Bonchev–Trinajstić information content (AvgIpc) is 3.28. The minimum absolute atomic E-state index is 0.0951. The molecule has 0 spiro atoms. The Labute approximate surface area is 226 Å². The first-order valence-corrected chi connectivity index (χ1v) is 14.8. The van der Waals surface area contributed by atoms with Gasteiger partial charge in [0.05, 0.1) is 21.5 Å². The zero-order chi connectivity index (χ0) is 27.6. The number of thioether (sulfide) groups is 1. The number of imide groups is 1. The van der Waals surface area contributed by atoms with Crippen molar-refractivity contribution in [1.29, 1.82) is 0 Å². The molecule has 1 saturated heterocycles. The van der Waals surface area contributed by atoms with Crippen molar-refractivity contribution in [2.24, 2.45) is 11.1 Å². The summed E-state index contributed by atoms with van der Waals surface area (Å²) in [5.41, 5.74) is 1.03. The summed E-state index contributed by atoms with van der Waals surface area (Å²) in [6, 6.07) is 12.5. The molecule has 2 aromatic carbocycles. The van der Waals surface area contributed by atoms with Crippen molar-refractivity contribution < 1.29 is 22.8 Å².